The molecule has 21 heavy (non-hydrogen) atoms. The molecule has 0 unspecified atom stereocenters. The second-order valence-corrected chi connectivity index (χ2v) is 6.04. The number of hydrogen-bond donors (Lipinski definition) is 1. The molecule has 1 amide bonds. The lowest BCUT2D eigenvalue weighted by molar-refractivity contribution is 0.0951. The van der Waals surface area contributed by atoms with E-state index in [1.165, 1.54) is 0 Å². The molecule has 2 aromatic rings. The molecule has 0 aliphatic rings. The summed E-state index contributed by atoms with van der Waals surface area (Å²) in [6, 6.07) is 3.58. The highest BCUT2D eigenvalue weighted by molar-refractivity contribution is 7.11. The van der Waals surface area contributed by atoms with Gasteiger partial charge >= 0.3 is 0 Å². The Morgan fingerprint density at radius 1 is 1.24 bits per heavy atom. The standard InChI is InChI=1S/C15H19N3O2S/c1-9-5-12(6-10(2)17-9)15(19)16-7-13-11(3)18-14(21-13)8-20-4/h5-6H,7-8H2,1-4H3,(H,16,19). The Hall–Kier alpha value is -1.79. The molecule has 0 saturated carbocycles. The molecule has 0 atom stereocenters. The van der Waals surface area contributed by atoms with Gasteiger partial charge in [-0.1, -0.05) is 0 Å². The van der Waals surface area contributed by atoms with E-state index in [0.29, 0.717) is 18.7 Å². The van der Waals surface area contributed by atoms with Gasteiger partial charge in [0.25, 0.3) is 5.91 Å². The van der Waals surface area contributed by atoms with E-state index in [-0.39, 0.29) is 5.91 Å². The zero-order valence-electron chi connectivity index (χ0n) is 12.7. The molecule has 2 aromatic heterocycles. The van der Waals surface area contributed by atoms with Gasteiger partial charge in [-0.15, -0.1) is 11.3 Å². The Labute approximate surface area is 128 Å². The zero-order chi connectivity index (χ0) is 15.4. The van der Waals surface area contributed by atoms with Gasteiger partial charge in [0.15, 0.2) is 0 Å². The van der Waals surface area contributed by atoms with Crippen molar-refractivity contribution in [2.45, 2.75) is 33.9 Å². The van der Waals surface area contributed by atoms with Crippen LogP contribution in [0.3, 0.4) is 0 Å². The molecule has 2 heterocycles. The summed E-state index contributed by atoms with van der Waals surface area (Å²) in [5, 5.41) is 3.85. The summed E-state index contributed by atoms with van der Waals surface area (Å²) >= 11 is 1.56. The van der Waals surface area contributed by atoms with Crippen molar-refractivity contribution in [3.05, 3.63) is 44.7 Å². The molecule has 112 valence electrons. The number of aromatic nitrogens is 2. The Morgan fingerprint density at radius 2 is 1.90 bits per heavy atom. The lowest BCUT2D eigenvalue weighted by Gasteiger charge is -2.06. The summed E-state index contributed by atoms with van der Waals surface area (Å²) < 4.78 is 5.07. The number of thiazole rings is 1. The van der Waals surface area contributed by atoms with Gasteiger partial charge in [0.1, 0.15) is 5.01 Å². The van der Waals surface area contributed by atoms with Crippen LogP contribution >= 0.6 is 11.3 Å². The van der Waals surface area contributed by atoms with Gasteiger partial charge in [-0.05, 0) is 32.9 Å². The molecule has 0 aliphatic heterocycles. The minimum Gasteiger partial charge on any atom is -0.378 e. The van der Waals surface area contributed by atoms with E-state index in [1.807, 2.05) is 20.8 Å². The Morgan fingerprint density at radius 3 is 2.52 bits per heavy atom. The molecular formula is C15H19N3O2S. The van der Waals surface area contributed by atoms with Crippen LogP contribution in [0.1, 0.15) is 37.3 Å². The van der Waals surface area contributed by atoms with Crippen LogP contribution in [0.2, 0.25) is 0 Å². The van der Waals surface area contributed by atoms with Gasteiger partial charge in [0, 0.05) is 28.9 Å². The Balaban J connectivity index is 2.03. The zero-order valence-corrected chi connectivity index (χ0v) is 13.5. The number of hydrogen-bond acceptors (Lipinski definition) is 5. The summed E-state index contributed by atoms with van der Waals surface area (Å²) in [6.07, 6.45) is 0. The minimum atomic E-state index is -0.0929. The number of amides is 1. The smallest absolute Gasteiger partial charge is 0.251 e. The molecule has 0 saturated heterocycles. The summed E-state index contributed by atoms with van der Waals surface area (Å²) in [7, 11) is 1.65. The fourth-order valence-electron chi connectivity index (χ4n) is 2.07. The highest BCUT2D eigenvalue weighted by Gasteiger charge is 2.11. The van der Waals surface area contributed by atoms with Crippen molar-refractivity contribution in [1.82, 2.24) is 15.3 Å². The maximum atomic E-state index is 12.2. The van der Waals surface area contributed by atoms with E-state index >= 15 is 0 Å². The maximum absolute atomic E-state index is 12.2. The summed E-state index contributed by atoms with van der Waals surface area (Å²) in [5.74, 6) is -0.0929. The van der Waals surface area contributed by atoms with Crippen molar-refractivity contribution in [2.24, 2.45) is 0 Å². The van der Waals surface area contributed by atoms with Crippen LogP contribution in [0.15, 0.2) is 12.1 Å². The maximum Gasteiger partial charge on any atom is 0.251 e. The highest BCUT2D eigenvalue weighted by Crippen LogP contribution is 2.18. The van der Waals surface area contributed by atoms with Crippen LogP contribution in [0.4, 0.5) is 0 Å². The van der Waals surface area contributed by atoms with Crippen LogP contribution in [-0.2, 0) is 17.9 Å². The summed E-state index contributed by atoms with van der Waals surface area (Å²) in [4.78, 5) is 21.9. The first-order valence-electron chi connectivity index (χ1n) is 6.67. The molecule has 0 radical (unpaired) electrons. The van der Waals surface area contributed by atoms with Crippen LogP contribution in [0.25, 0.3) is 0 Å². The molecule has 2 rings (SSSR count). The van der Waals surface area contributed by atoms with Crippen LogP contribution in [0.5, 0.6) is 0 Å². The number of nitrogens with one attached hydrogen (secondary N) is 1. The first-order valence-corrected chi connectivity index (χ1v) is 7.49. The van der Waals surface area contributed by atoms with Gasteiger partial charge in [-0.3, -0.25) is 9.78 Å². The number of nitrogens with zero attached hydrogens (tertiary/aromatic N) is 2. The van der Waals surface area contributed by atoms with Crippen molar-refractivity contribution in [1.29, 1.82) is 0 Å². The normalized spacial score (nSPS) is 10.7. The molecule has 0 bridgehead atoms. The predicted molar refractivity (Wildman–Crippen MR) is 82.4 cm³/mol. The Bertz CT molecular complexity index is 632. The lowest BCUT2D eigenvalue weighted by Crippen LogP contribution is -2.23. The molecule has 6 heteroatoms. The number of pyridine rings is 1. The van der Waals surface area contributed by atoms with Crippen LogP contribution in [0, 0.1) is 20.8 Å². The monoisotopic (exact) mass is 305 g/mol. The fraction of sp³-hybridized carbons (Fsp3) is 0.400. The van der Waals surface area contributed by atoms with Crippen molar-refractivity contribution >= 4 is 17.2 Å². The summed E-state index contributed by atoms with van der Waals surface area (Å²) in [6.45, 7) is 6.69. The van der Waals surface area contributed by atoms with Gasteiger partial charge in [-0.2, -0.15) is 0 Å². The number of carbonyl (C=O) groups is 1. The van der Waals surface area contributed by atoms with Crippen molar-refractivity contribution in [3.8, 4) is 0 Å². The van der Waals surface area contributed by atoms with E-state index < -0.39 is 0 Å². The van der Waals surface area contributed by atoms with Crippen molar-refractivity contribution in [2.75, 3.05) is 7.11 Å². The van der Waals surface area contributed by atoms with Gasteiger partial charge in [-0.25, -0.2) is 4.98 Å². The number of aryl methyl sites for hydroxylation is 3. The molecule has 5 nitrogen and oxygen atoms in total. The average Bonchev–Trinajstić information content (AvgIpc) is 2.75. The quantitative estimate of drug-likeness (QED) is 0.922. The van der Waals surface area contributed by atoms with Gasteiger partial charge < -0.3 is 10.1 Å². The molecule has 0 fully saturated rings. The fourth-order valence-corrected chi connectivity index (χ4v) is 3.05. The van der Waals surface area contributed by atoms with Crippen LogP contribution in [-0.4, -0.2) is 23.0 Å². The number of ether oxygens (including phenoxy) is 1. The number of carbonyl (C=O) groups excluding carboxylic acids is 1. The van der Waals surface area contributed by atoms with Gasteiger partial charge in [0.05, 0.1) is 18.8 Å². The number of methoxy groups -OCH3 is 1. The van der Waals surface area contributed by atoms with Crippen molar-refractivity contribution < 1.29 is 9.53 Å². The first kappa shape index (κ1) is 15.6. The molecule has 0 spiro atoms. The predicted octanol–water partition coefficient (Wildman–Crippen LogP) is 2.54. The Kier molecular flexibility index (Phi) is 5.03. The first-order chi connectivity index (χ1) is 9.99. The van der Waals surface area contributed by atoms with E-state index in [9.17, 15) is 4.79 Å². The van der Waals surface area contributed by atoms with E-state index in [4.69, 9.17) is 4.74 Å². The second kappa shape index (κ2) is 6.78. The van der Waals surface area contributed by atoms with Crippen molar-refractivity contribution in [3.63, 3.8) is 0 Å². The third kappa shape index (κ3) is 4.09. The second-order valence-electron chi connectivity index (χ2n) is 4.87. The van der Waals surface area contributed by atoms with Gasteiger partial charge in [0.2, 0.25) is 0 Å². The van der Waals surface area contributed by atoms with E-state index in [0.717, 1.165) is 27.0 Å². The average molecular weight is 305 g/mol. The highest BCUT2D eigenvalue weighted by atomic mass is 32.1. The summed E-state index contributed by atoms with van der Waals surface area (Å²) in [5.41, 5.74) is 3.27. The van der Waals surface area contributed by atoms with E-state index in [1.54, 1.807) is 30.6 Å². The lowest BCUT2D eigenvalue weighted by atomic mass is 10.2. The number of rotatable bonds is 5. The topological polar surface area (TPSA) is 64.1 Å². The van der Waals surface area contributed by atoms with Crippen LogP contribution < -0.4 is 5.32 Å². The SMILES string of the molecule is COCc1nc(C)c(CNC(=O)c2cc(C)nc(C)c2)s1. The third-order valence-electron chi connectivity index (χ3n) is 2.96. The molecule has 1 N–H and O–H groups in total. The largest absolute Gasteiger partial charge is 0.378 e. The molecule has 0 aliphatic carbocycles. The minimum absolute atomic E-state index is 0.0929. The molecular weight excluding hydrogens is 286 g/mol. The molecule has 0 aromatic carbocycles. The third-order valence-corrected chi connectivity index (χ3v) is 4.09. The van der Waals surface area contributed by atoms with E-state index in [2.05, 4.69) is 15.3 Å².